The molecule has 0 aliphatic carbocycles. The highest BCUT2D eigenvalue weighted by atomic mass is 79.9. The number of carbonyl (C=O) groups is 1. The Morgan fingerprint density at radius 3 is 2.83 bits per heavy atom. The molecule has 2 rings (SSSR count). The van der Waals surface area contributed by atoms with Crippen molar-refractivity contribution < 1.29 is 4.79 Å². The fourth-order valence-corrected chi connectivity index (χ4v) is 2.50. The molecule has 1 aromatic carbocycles. The third-order valence-electron chi connectivity index (χ3n) is 2.95. The molecular weight excluding hydrogens is 290 g/mol. The summed E-state index contributed by atoms with van der Waals surface area (Å²) in [7, 11) is 0. The predicted molar refractivity (Wildman–Crippen MR) is 77.9 cm³/mol. The number of benzene rings is 1. The van der Waals surface area contributed by atoms with Crippen LogP contribution in [0.1, 0.15) is 43.1 Å². The van der Waals surface area contributed by atoms with Crippen molar-refractivity contribution in [1.82, 2.24) is 4.98 Å². The maximum atomic E-state index is 12.1. The van der Waals surface area contributed by atoms with E-state index in [0.717, 1.165) is 34.6 Å². The van der Waals surface area contributed by atoms with Crippen molar-refractivity contribution in [3.63, 3.8) is 0 Å². The first-order chi connectivity index (χ1) is 8.72. The normalized spacial score (nSPS) is 10.8. The molecule has 0 saturated carbocycles. The maximum Gasteiger partial charge on any atom is 0.182 e. The van der Waals surface area contributed by atoms with Crippen molar-refractivity contribution in [3.05, 3.63) is 40.5 Å². The van der Waals surface area contributed by atoms with Gasteiger partial charge in [0.15, 0.2) is 5.78 Å². The minimum absolute atomic E-state index is 0.126. The molecule has 0 aliphatic heterocycles. The highest BCUT2D eigenvalue weighted by Gasteiger charge is 2.12. The maximum absolute atomic E-state index is 12.1. The lowest BCUT2D eigenvalue weighted by Gasteiger charge is -2.05. The number of carbonyl (C=O) groups excluding carboxylic acids is 1. The van der Waals surface area contributed by atoms with Gasteiger partial charge in [-0.15, -0.1) is 0 Å². The van der Waals surface area contributed by atoms with Gasteiger partial charge in [-0.3, -0.25) is 4.79 Å². The van der Waals surface area contributed by atoms with E-state index in [1.165, 1.54) is 0 Å². The monoisotopic (exact) mass is 305 g/mol. The molecule has 0 fully saturated rings. The summed E-state index contributed by atoms with van der Waals surface area (Å²) >= 11 is 3.44. The van der Waals surface area contributed by atoms with Crippen LogP contribution in [0.4, 0.5) is 0 Å². The van der Waals surface area contributed by atoms with Crippen molar-refractivity contribution in [1.29, 1.82) is 0 Å². The fraction of sp³-hybridized carbons (Fsp3) is 0.333. The third-order valence-corrected chi connectivity index (χ3v) is 3.55. The van der Waals surface area contributed by atoms with Crippen LogP contribution < -0.4 is 0 Å². The molecule has 2 nitrogen and oxygen atoms in total. The van der Waals surface area contributed by atoms with Gasteiger partial charge in [0, 0.05) is 16.3 Å². The number of aromatic nitrogens is 1. The van der Waals surface area contributed by atoms with Crippen molar-refractivity contribution in [2.24, 2.45) is 0 Å². The van der Waals surface area contributed by atoms with Gasteiger partial charge >= 0.3 is 0 Å². The van der Waals surface area contributed by atoms with E-state index in [0.29, 0.717) is 12.1 Å². The van der Waals surface area contributed by atoms with Gasteiger partial charge < -0.3 is 0 Å². The van der Waals surface area contributed by atoms with Gasteiger partial charge in [0.2, 0.25) is 0 Å². The zero-order valence-electron chi connectivity index (χ0n) is 10.4. The Labute approximate surface area is 116 Å². The molecule has 0 bridgehead atoms. The van der Waals surface area contributed by atoms with Gasteiger partial charge in [0.1, 0.15) is 5.69 Å². The van der Waals surface area contributed by atoms with Crippen LogP contribution in [-0.4, -0.2) is 10.8 Å². The summed E-state index contributed by atoms with van der Waals surface area (Å²) in [5.41, 5.74) is 1.43. The molecule has 94 valence electrons. The Morgan fingerprint density at radius 1 is 1.28 bits per heavy atom. The van der Waals surface area contributed by atoms with Crippen molar-refractivity contribution in [2.75, 3.05) is 0 Å². The summed E-state index contributed by atoms with van der Waals surface area (Å²) < 4.78 is 0.794. The highest BCUT2D eigenvalue weighted by molar-refractivity contribution is 9.10. The van der Waals surface area contributed by atoms with Gasteiger partial charge in [-0.05, 0) is 34.5 Å². The Morgan fingerprint density at radius 2 is 2.06 bits per heavy atom. The van der Waals surface area contributed by atoms with E-state index in [2.05, 4.69) is 27.8 Å². The molecule has 0 radical (unpaired) electrons. The lowest BCUT2D eigenvalue weighted by Crippen LogP contribution is -2.03. The molecule has 0 N–H and O–H groups in total. The Hall–Kier alpha value is -1.22. The van der Waals surface area contributed by atoms with Crippen LogP contribution in [0, 0.1) is 0 Å². The SMILES string of the molecule is CCCCCC(=O)c1nc2ccccc2cc1Br. The molecule has 0 aliphatic rings. The zero-order chi connectivity index (χ0) is 13.0. The summed E-state index contributed by atoms with van der Waals surface area (Å²) in [5.74, 6) is 0.126. The second-order valence-corrected chi connectivity index (χ2v) is 5.25. The van der Waals surface area contributed by atoms with Crippen LogP contribution in [0.25, 0.3) is 10.9 Å². The molecule has 1 heterocycles. The number of fused-ring (bicyclic) bond motifs is 1. The number of para-hydroxylation sites is 1. The van der Waals surface area contributed by atoms with E-state index in [1.54, 1.807) is 0 Å². The van der Waals surface area contributed by atoms with Crippen LogP contribution in [0.5, 0.6) is 0 Å². The first kappa shape index (κ1) is 13.2. The molecule has 0 spiro atoms. The number of hydrogen-bond acceptors (Lipinski definition) is 2. The number of ketones is 1. The smallest absolute Gasteiger partial charge is 0.182 e. The van der Waals surface area contributed by atoms with Gasteiger partial charge in [0.25, 0.3) is 0 Å². The second-order valence-electron chi connectivity index (χ2n) is 4.39. The first-order valence-corrected chi connectivity index (χ1v) is 7.10. The Bertz CT molecular complexity index is 565. The summed E-state index contributed by atoms with van der Waals surface area (Å²) in [4.78, 5) is 16.5. The zero-order valence-corrected chi connectivity index (χ0v) is 12.0. The molecule has 0 amide bonds. The molecule has 0 saturated heterocycles. The molecule has 2 aromatic rings. The highest BCUT2D eigenvalue weighted by Crippen LogP contribution is 2.23. The van der Waals surface area contributed by atoms with Crippen molar-refractivity contribution >= 4 is 32.6 Å². The van der Waals surface area contributed by atoms with Crippen LogP contribution in [0.3, 0.4) is 0 Å². The second kappa shape index (κ2) is 6.10. The largest absolute Gasteiger partial charge is 0.292 e. The number of pyridine rings is 1. The molecule has 1 aromatic heterocycles. The fourth-order valence-electron chi connectivity index (χ4n) is 1.94. The van der Waals surface area contributed by atoms with E-state index in [1.807, 2.05) is 30.3 Å². The number of unbranched alkanes of at least 4 members (excludes halogenated alkanes) is 2. The number of Topliss-reactive ketones (excluding diaryl/α,β-unsaturated/α-hetero) is 1. The van der Waals surface area contributed by atoms with Gasteiger partial charge in [-0.1, -0.05) is 38.0 Å². The third kappa shape index (κ3) is 2.96. The van der Waals surface area contributed by atoms with E-state index in [-0.39, 0.29) is 5.78 Å². The quantitative estimate of drug-likeness (QED) is 0.589. The van der Waals surface area contributed by atoms with Crippen molar-refractivity contribution in [3.8, 4) is 0 Å². The summed E-state index contributed by atoms with van der Waals surface area (Å²) in [5, 5.41) is 1.05. The van der Waals surface area contributed by atoms with Crippen LogP contribution >= 0.6 is 15.9 Å². The Kier molecular flexibility index (Phi) is 4.48. The molecular formula is C15H16BrNO. The van der Waals surface area contributed by atoms with Crippen LogP contribution in [-0.2, 0) is 0 Å². The van der Waals surface area contributed by atoms with E-state index >= 15 is 0 Å². The lowest BCUT2D eigenvalue weighted by atomic mass is 10.1. The Balaban J connectivity index is 2.27. The average Bonchev–Trinajstić information content (AvgIpc) is 2.38. The van der Waals surface area contributed by atoms with E-state index < -0.39 is 0 Å². The van der Waals surface area contributed by atoms with Crippen molar-refractivity contribution in [2.45, 2.75) is 32.6 Å². The summed E-state index contributed by atoms with van der Waals surface area (Å²) in [6.07, 6.45) is 3.74. The lowest BCUT2D eigenvalue weighted by molar-refractivity contribution is 0.0974. The topological polar surface area (TPSA) is 30.0 Å². The van der Waals surface area contributed by atoms with Gasteiger partial charge in [-0.2, -0.15) is 0 Å². The number of hydrogen-bond donors (Lipinski definition) is 0. The van der Waals surface area contributed by atoms with Crippen LogP contribution in [0.15, 0.2) is 34.8 Å². The molecule has 18 heavy (non-hydrogen) atoms. The molecule has 0 unspecified atom stereocenters. The van der Waals surface area contributed by atoms with Crippen LogP contribution in [0.2, 0.25) is 0 Å². The minimum atomic E-state index is 0.126. The summed E-state index contributed by atoms with van der Waals surface area (Å²) in [6.45, 7) is 2.13. The molecule has 3 heteroatoms. The number of rotatable bonds is 5. The minimum Gasteiger partial charge on any atom is -0.292 e. The van der Waals surface area contributed by atoms with Gasteiger partial charge in [0.05, 0.1) is 5.52 Å². The number of halogens is 1. The summed E-state index contributed by atoms with van der Waals surface area (Å²) in [6, 6.07) is 9.81. The average molecular weight is 306 g/mol. The van der Waals surface area contributed by atoms with E-state index in [9.17, 15) is 4.79 Å². The number of nitrogens with zero attached hydrogens (tertiary/aromatic N) is 1. The first-order valence-electron chi connectivity index (χ1n) is 6.31. The van der Waals surface area contributed by atoms with Gasteiger partial charge in [-0.25, -0.2) is 4.98 Å². The van der Waals surface area contributed by atoms with E-state index in [4.69, 9.17) is 0 Å². The molecule has 0 atom stereocenters. The standard InChI is InChI=1S/C15H16BrNO/c1-2-3-4-9-14(18)15-12(16)10-11-7-5-6-8-13(11)17-15/h5-8,10H,2-4,9H2,1H3. The predicted octanol–water partition coefficient (Wildman–Crippen LogP) is 4.76.